The van der Waals surface area contributed by atoms with E-state index < -0.39 is 6.03 Å². The molecule has 1 aromatic carbocycles. The molecule has 3 amide bonds. The summed E-state index contributed by atoms with van der Waals surface area (Å²) < 4.78 is 13.3. The minimum absolute atomic E-state index is 0.181. The van der Waals surface area contributed by atoms with Gasteiger partial charge in [-0.1, -0.05) is 65.8 Å². The van der Waals surface area contributed by atoms with E-state index in [0.29, 0.717) is 44.7 Å². The topological polar surface area (TPSA) is 152 Å². The molecule has 0 aliphatic heterocycles. The van der Waals surface area contributed by atoms with Crippen LogP contribution >= 0.6 is 0 Å². The summed E-state index contributed by atoms with van der Waals surface area (Å²) in [5, 5.41) is 17.6. The van der Waals surface area contributed by atoms with E-state index in [1.54, 1.807) is 12.1 Å². The number of hydrogen-bond donors (Lipinski definition) is 3. The van der Waals surface area contributed by atoms with Crippen molar-refractivity contribution in [1.82, 2.24) is 35.1 Å². The summed E-state index contributed by atoms with van der Waals surface area (Å²) in [6, 6.07) is 14.7. The van der Waals surface area contributed by atoms with Crippen LogP contribution in [0.15, 0.2) is 54.7 Å². The Bertz CT molecular complexity index is 1830. The predicted octanol–water partition coefficient (Wildman–Crippen LogP) is 5.33. The highest BCUT2D eigenvalue weighted by molar-refractivity contribution is 5.94. The first-order chi connectivity index (χ1) is 23.7. The monoisotopic (exact) mass is 684 g/mol. The summed E-state index contributed by atoms with van der Waals surface area (Å²) in [7, 11) is 1.87. The summed E-state index contributed by atoms with van der Waals surface area (Å²) in [5.41, 5.74) is 3.35. The van der Waals surface area contributed by atoms with Gasteiger partial charge < -0.3 is 25.0 Å². The van der Waals surface area contributed by atoms with Gasteiger partial charge in [-0.05, 0) is 66.3 Å². The van der Waals surface area contributed by atoms with Crippen LogP contribution in [0.3, 0.4) is 0 Å². The molecular weight excluding hydrogens is 636 g/mol. The number of carbonyl (C=O) groups excluding carboxylic acids is 3. The van der Waals surface area contributed by atoms with E-state index in [2.05, 4.69) is 51.9 Å². The van der Waals surface area contributed by atoms with E-state index in [1.807, 2.05) is 79.7 Å². The number of aromatic nitrogens is 4. The molecule has 0 fully saturated rings. The Labute approximate surface area is 293 Å². The molecule has 1 aliphatic carbocycles. The van der Waals surface area contributed by atoms with Crippen LogP contribution in [0.5, 0.6) is 5.75 Å². The van der Waals surface area contributed by atoms with Crippen molar-refractivity contribution >= 4 is 29.9 Å². The Balaban J connectivity index is 1.26. The van der Waals surface area contributed by atoms with Crippen LogP contribution in [-0.2, 0) is 20.4 Å². The average Bonchev–Trinajstić information content (AvgIpc) is 3.50. The van der Waals surface area contributed by atoms with Crippen molar-refractivity contribution in [3.05, 3.63) is 82.9 Å². The number of amides is 3. The molecule has 13 nitrogen and oxygen atoms in total. The first-order valence-corrected chi connectivity index (χ1v) is 17.0. The quantitative estimate of drug-likeness (QED) is 0.133. The standard InChI is InChI=1S/C37H48N8O5/c1-36(2,3)24-20-29(33(47)38-16-17-44(7)18-19-49-23-46)39-31(21-24)41-35(48)40-28-13-14-30(27-11-9-8-10-26(27)28)50-25-12-15-32-42-43-34(37(4,5)6)45(32)22-25/h8-12,15,20-23,28,30H,13-14,16-19H2,1-7H3,(H,38,47)(H2,39,40,41,48)/t28-,30+/m0/s1. The van der Waals surface area contributed by atoms with Gasteiger partial charge in [-0.2, -0.15) is 0 Å². The van der Waals surface area contributed by atoms with E-state index in [4.69, 9.17) is 9.47 Å². The molecule has 0 spiro atoms. The smallest absolute Gasteiger partial charge is 0.320 e. The number of anilines is 1. The molecule has 1 aliphatic rings. The number of carbonyl (C=O) groups is 3. The number of nitrogens with one attached hydrogen (secondary N) is 3. The van der Waals surface area contributed by atoms with Gasteiger partial charge in [0, 0.05) is 25.0 Å². The van der Waals surface area contributed by atoms with Gasteiger partial charge in [0.25, 0.3) is 12.4 Å². The van der Waals surface area contributed by atoms with E-state index >= 15 is 0 Å². The van der Waals surface area contributed by atoms with E-state index in [0.717, 1.165) is 28.2 Å². The molecule has 13 heteroatoms. The number of likely N-dealkylation sites (N-methyl/N-ethyl adjacent to an activating group) is 1. The fourth-order valence-corrected chi connectivity index (χ4v) is 5.91. The van der Waals surface area contributed by atoms with Crippen LogP contribution in [-0.4, -0.2) is 76.2 Å². The van der Waals surface area contributed by atoms with Gasteiger partial charge >= 0.3 is 6.03 Å². The number of nitrogens with zero attached hydrogens (tertiary/aromatic N) is 5. The van der Waals surface area contributed by atoms with Gasteiger partial charge in [-0.15, -0.1) is 10.2 Å². The third-order valence-corrected chi connectivity index (χ3v) is 8.67. The molecule has 266 valence electrons. The third-order valence-electron chi connectivity index (χ3n) is 8.67. The highest BCUT2D eigenvalue weighted by Crippen LogP contribution is 2.39. The van der Waals surface area contributed by atoms with Crippen molar-refractivity contribution in [3.63, 3.8) is 0 Å². The highest BCUT2D eigenvalue weighted by Gasteiger charge is 2.30. The molecule has 0 saturated heterocycles. The fraction of sp³-hybridized carbons (Fsp3) is 0.459. The van der Waals surface area contributed by atoms with Crippen LogP contribution in [0.2, 0.25) is 0 Å². The summed E-state index contributed by atoms with van der Waals surface area (Å²) >= 11 is 0. The molecule has 0 unspecified atom stereocenters. The van der Waals surface area contributed by atoms with Crippen molar-refractivity contribution in [1.29, 1.82) is 0 Å². The number of hydrogen-bond acceptors (Lipinski definition) is 9. The lowest BCUT2D eigenvalue weighted by atomic mass is 9.85. The molecule has 0 bridgehead atoms. The fourth-order valence-electron chi connectivity index (χ4n) is 5.91. The van der Waals surface area contributed by atoms with Gasteiger partial charge in [-0.3, -0.25) is 19.3 Å². The summed E-state index contributed by atoms with van der Waals surface area (Å²) in [6.07, 6.45) is 3.09. The van der Waals surface area contributed by atoms with Crippen molar-refractivity contribution < 1.29 is 23.9 Å². The van der Waals surface area contributed by atoms with E-state index in [1.165, 1.54) is 0 Å². The molecule has 4 aromatic rings. The van der Waals surface area contributed by atoms with E-state index in [9.17, 15) is 14.4 Å². The summed E-state index contributed by atoms with van der Waals surface area (Å²) in [6.45, 7) is 14.6. The molecule has 3 N–H and O–H groups in total. The van der Waals surface area contributed by atoms with Crippen LogP contribution in [0.1, 0.15) is 99.5 Å². The number of fused-ring (bicyclic) bond motifs is 2. The van der Waals surface area contributed by atoms with Gasteiger partial charge in [0.15, 0.2) is 5.65 Å². The normalized spacial score (nSPS) is 16.1. The molecule has 0 saturated carbocycles. The minimum Gasteiger partial charge on any atom is -0.484 e. The Morgan fingerprint density at radius 2 is 1.74 bits per heavy atom. The maximum Gasteiger partial charge on any atom is 0.320 e. The number of pyridine rings is 2. The van der Waals surface area contributed by atoms with Gasteiger partial charge in [0.05, 0.1) is 12.2 Å². The van der Waals surface area contributed by atoms with E-state index in [-0.39, 0.29) is 47.0 Å². The summed E-state index contributed by atoms with van der Waals surface area (Å²) in [5.74, 6) is 1.51. The van der Waals surface area contributed by atoms with Crippen LogP contribution in [0.4, 0.5) is 10.6 Å². The lowest BCUT2D eigenvalue weighted by Gasteiger charge is -2.32. The number of benzene rings is 1. The minimum atomic E-state index is -0.416. The zero-order chi connectivity index (χ0) is 36.1. The van der Waals surface area contributed by atoms with Crippen LogP contribution in [0, 0.1) is 0 Å². The first-order valence-electron chi connectivity index (χ1n) is 17.0. The second-order valence-electron chi connectivity index (χ2n) is 14.7. The SMILES string of the molecule is CN(CCNC(=O)c1cc(C(C)(C)C)cc(NC(=O)N[C@H]2CC[C@@H](Oc3ccc4nnc(C(C)(C)C)n4c3)c3ccccc32)n1)CCOC=O. The van der Waals surface area contributed by atoms with Crippen molar-refractivity contribution in [2.75, 3.05) is 38.6 Å². The first kappa shape index (κ1) is 36.2. The zero-order valence-corrected chi connectivity index (χ0v) is 29.9. The second-order valence-corrected chi connectivity index (χ2v) is 14.7. The van der Waals surface area contributed by atoms with Crippen LogP contribution in [0.25, 0.3) is 5.65 Å². The third kappa shape index (κ3) is 8.94. The Morgan fingerprint density at radius 3 is 2.46 bits per heavy atom. The van der Waals surface area contributed by atoms with Crippen molar-refractivity contribution in [3.8, 4) is 5.75 Å². The Kier molecular flexibility index (Phi) is 11.0. The van der Waals surface area contributed by atoms with Crippen molar-refractivity contribution in [2.24, 2.45) is 0 Å². The number of ether oxygens (including phenoxy) is 2. The zero-order valence-electron chi connectivity index (χ0n) is 29.9. The Morgan fingerprint density at radius 1 is 0.980 bits per heavy atom. The maximum absolute atomic E-state index is 13.4. The van der Waals surface area contributed by atoms with Crippen molar-refractivity contribution in [2.45, 2.75) is 77.4 Å². The molecule has 50 heavy (non-hydrogen) atoms. The van der Waals surface area contributed by atoms with Gasteiger partial charge in [-0.25, -0.2) is 9.78 Å². The maximum atomic E-state index is 13.4. The highest BCUT2D eigenvalue weighted by atomic mass is 16.5. The molecule has 0 radical (unpaired) electrons. The lowest BCUT2D eigenvalue weighted by molar-refractivity contribution is -0.129. The van der Waals surface area contributed by atoms with Gasteiger partial charge in [0.1, 0.15) is 35.8 Å². The number of rotatable bonds is 12. The van der Waals surface area contributed by atoms with Gasteiger partial charge in [0.2, 0.25) is 0 Å². The lowest BCUT2D eigenvalue weighted by Crippen LogP contribution is -2.36. The number of urea groups is 1. The molecule has 2 atom stereocenters. The second kappa shape index (κ2) is 15.2. The molecule has 5 rings (SSSR count). The predicted molar refractivity (Wildman–Crippen MR) is 190 cm³/mol. The molecule has 3 aromatic heterocycles. The Hall–Kier alpha value is -5.04. The largest absolute Gasteiger partial charge is 0.484 e. The summed E-state index contributed by atoms with van der Waals surface area (Å²) in [4.78, 5) is 43.3. The average molecular weight is 685 g/mol. The van der Waals surface area contributed by atoms with Crippen LogP contribution < -0.4 is 20.7 Å². The molecular formula is C37H48N8O5. The molecule has 3 heterocycles.